The maximum atomic E-state index is 12.5. The summed E-state index contributed by atoms with van der Waals surface area (Å²) in [5, 5.41) is 10.4. The molecule has 134 valence electrons. The van der Waals surface area contributed by atoms with Gasteiger partial charge in [0, 0.05) is 0 Å². The Morgan fingerprint density at radius 3 is 2.67 bits per heavy atom. The molecule has 0 aliphatic heterocycles. The second-order valence-corrected chi connectivity index (χ2v) is 9.08. The molecule has 0 saturated heterocycles. The summed E-state index contributed by atoms with van der Waals surface area (Å²) in [6.45, 7) is 8.25. The molecule has 0 heterocycles. The molecule has 0 aromatic heterocycles. The van der Waals surface area contributed by atoms with Crippen LogP contribution in [0.1, 0.15) is 66.2 Å². The molecule has 1 fully saturated rings. The largest absolute Gasteiger partial charge is 0.469 e. The van der Waals surface area contributed by atoms with E-state index in [1.807, 2.05) is 13.8 Å². The number of methoxy groups -OCH3 is 1. The number of fused-ring (bicyclic) bond motifs is 3. The van der Waals surface area contributed by atoms with Gasteiger partial charge in [-0.2, -0.15) is 0 Å². The van der Waals surface area contributed by atoms with Crippen LogP contribution in [0.15, 0.2) is 23.3 Å². The molecular formula is C21H32O3. The van der Waals surface area contributed by atoms with Gasteiger partial charge in [-0.25, -0.2) is 0 Å². The van der Waals surface area contributed by atoms with Crippen molar-refractivity contribution in [3.8, 4) is 0 Å². The molecule has 1 N–H and O–H groups in total. The molecule has 1 saturated carbocycles. The van der Waals surface area contributed by atoms with Gasteiger partial charge in [0.2, 0.25) is 0 Å². The molecule has 3 aliphatic rings. The minimum Gasteiger partial charge on any atom is -0.469 e. The van der Waals surface area contributed by atoms with Gasteiger partial charge < -0.3 is 9.84 Å². The zero-order chi connectivity index (χ0) is 17.8. The first kappa shape index (κ1) is 17.7. The SMILES string of the molecule is COC(=O)[C@]1(C)CCC[C@]2(C)[C@@H]3CCC(C(C)(C)O)=CC3=CC[C@H]21. The smallest absolute Gasteiger partial charge is 0.311 e. The molecule has 0 amide bonds. The molecule has 3 aliphatic carbocycles. The van der Waals surface area contributed by atoms with Crippen molar-refractivity contribution in [2.45, 2.75) is 71.8 Å². The maximum absolute atomic E-state index is 12.5. The van der Waals surface area contributed by atoms with Crippen LogP contribution in [-0.4, -0.2) is 23.8 Å². The molecule has 24 heavy (non-hydrogen) atoms. The lowest BCUT2D eigenvalue weighted by Gasteiger charge is -2.57. The highest BCUT2D eigenvalue weighted by atomic mass is 16.5. The molecule has 0 aromatic carbocycles. The second-order valence-electron chi connectivity index (χ2n) is 9.08. The van der Waals surface area contributed by atoms with E-state index in [2.05, 4.69) is 26.0 Å². The minimum absolute atomic E-state index is 0.0428. The number of hydrogen-bond donors (Lipinski definition) is 1. The number of carbonyl (C=O) groups is 1. The first-order valence-corrected chi connectivity index (χ1v) is 9.35. The lowest BCUT2D eigenvalue weighted by Crippen LogP contribution is -2.53. The second kappa shape index (κ2) is 5.72. The van der Waals surface area contributed by atoms with Gasteiger partial charge in [-0.15, -0.1) is 0 Å². The van der Waals surface area contributed by atoms with Crippen molar-refractivity contribution in [2.75, 3.05) is 7.11 Å². The predicted octanol–water partition coefficient (Wildman–Crippen LogP) is 4.41. The molecule has 0 unspecified atom stereocenters. The summed E-state index contributed by atoms with van der Waals surface area (Å²) in [5.74, 6) is 0.794. The van der Waals surface area contributed by atoms with E-state index in [1.54, 1.807) is 0 Å². The Bertz CT molecular complexity index is 595. The standard InChI is InChI=1S/C21H32O3/c1-19(2,23)15-8-9-16-14(13-15)7-10-17-20(16,3)11-6-12-21(17,4)18(22)24-5/h7,13,16-17,23H,6,8-12H2,1-5H3/t16-,17-,20-,21-/m1/s1. The van der Waals surface area contributed by atoms with Crippen LogP contribution in [-0.2, 0) is 9.53 Å². The van der Waals surface area contributed by atoms with Crippen LogP contribution in [0, 0.1) is 22.7 Å². The van der Waals surface area contributed by atoms with Crippen LogP contribution in [0.25, 0.3) is 0 Å². The van der Waals surface area contributed by atoms with Crippen LogP contribution in [0.2, 0.25) is 0 Å². The number of hydrogen-bond acceptors (Lipinski definition) is 3. The van der Waals surface area contributed by atoms with Crippen LogP contribution in [0.5, 0.6) is 0 Å². The van der Waals surface area contributed by atoms with Gasteiger partial charge in [-0.1, -0.05) is 25.5 Å². The molecule has 3 rings (SSSR count). The van der Waals surface area contributed by atoms with Gasteiger partial charge in [0.25, 0.3) is 0 Å². The third-order valence-electron chi connectivity index (χ3n) is 7.25. The van der Waals surface area contributed by atoms with Gasteiger partial charge >= 0.3 is 5.97 Å². The Labute approximate surface area is 146 Å². The molecule has 3 heteroatoms. The Morgan fingerprint density at radius 2 is 2.04 bits per heavy atom. The Kier molecular flexibility index (Phi) is 4.23. The van der Waals surface area contributed by atoms with E-state index in [1.165, 1.54) is 19.1 Å². The van der Waals surface area contributed by atoms with E-state index in [-0.39, 0.29) is 16.8 Å². The van der Waals surface area contributed by atoms with Crippen molar-refractivity contribution in [3.05, 3.63) is 23.3 Å². The fourth-order valence-corrected chi connectivity index (χ4v) is 5.83. The molecular weight excluding hydrogens is 300 g/mol. The van der Waals surface area contributed by atoms with Crippen LogP contribution in [0.3, 0.4) is 0 Å². The Balaban J connectivity index is 1.99. The summed E-state index contributed by atoms with van der Waals surface area (Å²) in [6, 6.07) is 0. The Hall–Kier alpha value is -1.09. The molecule has 4 atom stereocenters. The fraction of sp³-hybridized carbons (Fsp3) is 0.762. The van der Waals surface area contributed by atoms with E-state index in [0.29, 0.717) is 11.8 Å². The highest BCUT2D eigenvalue weighted by molar-refractivity contribution is 5.77. The van der Waals surface area contributed by atoms with E-state index in [4.69, 9.17) is 4.74 Å². The monoisotopic (exact) mass is 332 g/mol. The van der Waals surface area contributed by atoms with Crippen molar-refractivity contribution in [1.29, 1.82) is 0 Å². The highest BCUT2D eigenvalue weighted by Gasteiger charge is 2.57. The summed E-state index contributed by atoms with van der Waals surface area (Å²) in [4.78, 5) is 12.5. The summed E-state index contributed by atoms with van der Waals surface area (Å²) < 4.78 is 5.18. The fourth-order valence-electron chi connectivity index (χ4n) is 5.83. The summed E-state index contributed by atoms with van der Waals surface area (Å²) >= 11 is 0. The predicted molar refractivity (Wildman–Crippen MR) is 95.4 cm³/mol. The summed E-state index contributed by atoms with van der Waals surface area (Å²) in [7, 11) is 1.52. The lowest BCUT2D eigenvalue weighted by atomic mass is 9.47. The molecule has 3 nitrogen and oxygen atoms in total. The molecule has 0 aromatic rings. The average Bonchev–Trinajstić information content (AvgIpc) is 2.52. The number of allylic oxidation sites excluding steroid dienone is 3. The number of carbonyl (C=O) groups excluding carboxylic acids is 1. The van der Waals surface area contributed by atoms with Gasteiger partial charge in [0.1, 0.15) is 0 Å². The van der Waals surface area contributed by atoms with Gasteiger partial charge in [-0.3, -0.25) is 4.79 Å². The molecule has 0 bridgehead atoms. The van der Waals surface area contributed by atoms with Crippen molar-refractivity contribution >= 4 is 5.97 Å². The van der Waals surface area contributed by atoms with Crippen molar-refractivity contribution in [1.82, 2.24) is 0 Å². The number of esters is 1. The van der Waals surface area contributed by atoms with Crippen molar-refractivity contribution in [3.63, 3.8) is 0 Å². The summed E-state index contributed by atoms with van der Waals surface area (Å²) in [5.41, 5.74) is 1.55. The average molecular weight is 332 g/mol. The quantitative estimate of drug-likeness (QED) is 0.762. The zero-order valence-corrected chi connectivity index (χ0v) is 15.8. The maximum Gasteiger partial charge on any atom is 0.311 e. The zero-order valence-electron chi connectivity index (χ0n) is 15.8. The lowest BCUT2D eigenvalue weighted by molar-refractivity contribution is -0.166. The van der Waals surface area contributed by atoms with Gasteiger partial charge in [0.05, 0.1) is 18.1 Å². The topological polar surface area (TPSA) is 46.5 Å². The number of aliphatic hydroxyl groups is 1. The highest BCUT2D eigenvalue weighted by Crippen LogP contribution is 2.62. The van der Waals surface area contributed by atoms with Crippen LogP contribution >= 0.6 is 0 Å². The van der Waals surface area contributed by atoms with Gasteiger partial charge in [0.15, 0.2) is 0 Å². The van der Waals surface area contributed by atoms with E-state index < -0.39 is 5.60 Å². The van der Waals surface area contributed by atoms with Crippen LogP contribution < -0.4 is 0 Å². The van der Waals surface area contributed by atoms with E-state index in [9.17, 15) is 9.90 Å². The van der Waals surface area contributed by atoms with Crippen molar-refractivity contribution < 1.29 is 14.6 Å². The van der Waals surface area contributed by atoms with E-state index in [0.717, 1.165) is 37.7 Å². The third kappa shape index (κ3) is 2.56. The number of rotatable bonds is 2. The Morgan fingerprint density at radius 1 is 1.33 bits per heavy atom. The normalized spacial score (nSPS) is 39.2. The van der Waals surface area contributed by atoms with Crippen LogP contribution in [0.4, 0.5) is 0 Å². The van der Waals surface area contributed by atoms with E-state index >= 15 is 0 Å². The first-order chi connectivity index (χ1) is 11.1. The third-order valence-corrected chi connectivity index (χ3v) is 7.25. The van der Waals surface area contributed by atoms with Crippen molar-refractivity contribution in [2.24, 2.45) is 22.7 Å². The number of ether oxygens (including phenoxy) is 1. The molecule has 0 spiro atoms. The first-order valence-electron chi connectivity index (χ1n) is 9.35. The minimum atomic E-state index is -0.739. The summed E-state index contributed by atoms with van der Waals surface area (Å²) in [6.07, 6.45) is 10.7. The van der Waals surface area contributed by atoms with Gasteiger partial charge in [-0.05, 0) is 81.3 Å². The molecule has 0 radical (unpaired) electrons.